The third kappa shape index (κ3) is 7.87. The van der Waals surface area contributed by atoms with E-state index in [2.05, 4.69) is 6.92 Å². The van der Waals surface area contributed by atoms with Crippen molar-refractivity contribution in [3.05, 3.63) is 95.1 Å². The summed E-state index contributed by atoms with van der Waals surface area (Å²) < 4.78 is 71.2. The van der Waals surface area contributed by atoms with Gasteiger partial charge in [0.2, 0.25) is 0 Å². The van der Waals surface area contributed by atoms with E-state index in [4.69, 9.17) is 9.47 Å². The molecule has 0 aromatic heterocycles. The molecule has 6 heteroatoms. The van der Waals surface area contributed by atoms with E-state index in [1.807, 2.05) is 13.0 Å². The summed E-state index contributed by atoms with van der Waals surface area (Å²) >= 11 is 0. The van der Waals surface area contributed by atoms with E-state index >= 15 is 8.78 Å². The number of ether oxygens (including phenoxy) is 2. The molecule has 0 radical (unpaired) electrons. The van der Waals surface area contributed by atoms with Crippen LogP contribution in [0.3, 0.4) is 0 Å². The summed E-state index contributed by atoms with van der Waals surface area (Å²) in [6.45, 7) is 4.90. The first-order valence-electron chi connectivity index (χ1n) is 14.8. The molecule has 0 spiro atoms. The summed E-state index contributed by atoms with van der Waals surface area (Å²) in [5.41, 5.74) is 1.45. The van der Waals surface area contributed by atoms with Gasteiger partial charge in [0, 0.05) is 22.3 Å². The average Bonchev–Trinajstić information content (AvgIpc) is 2.99. The van der Waals surface area contributed by atoms with Crippen LogP contribution >= 0.6 is 0 Å². The zero-order valence-electron chi connectivity index (χ0n) is 24.0. The monoisotopic (exact) mass is 568 g/mol. The molecule has 0 aliphatic carbocycles. The van der Waals surface area contributed by atoms with Crippen LogP contribution in [0.2, 0.25) is 0 Å². The molecule has 4 rings (SSSR count). The molecule has 0 amide bonds. The van der Waals surface area contributed by atoms with Gasteiger partial charge >= 0.3 is 0 Å². The lowest BCUT2D eigenvalue weighted by Crippen LogP contribution is -2.21. The Kier molecular flexibility index (Phi) is 11.6. The predicted octanol–water partition coefficient (Wildman–Crippen LogP) is 10.5. The van der Waals surface area contributed by atoms with Crippen LogP contribution < -0.4 is 0 Å². The van der Waals surface area contributed by atoms with Crippen LogP contribution in [0.5, 0.6) is 0 Å². The molecule has 1 fully saturated rings. The van der Waals surface area contributed by atoms with Gasteiger partial charge in [-0.2, -0.15) is 0 Å². The third-order valence-electron chi connectivity index (χ3n) is 7.92. The van der Waals surface area contributed by atoms with Crippen LogP contribution in [0, 0.1) is 29.2 Å². The maximum absolute atomic E-state index is 15.2. The van der Waals surface area contributed by atoms with Gasteiger partial charge in [0.05, 0.1) is 25.9 Å². The lowest BCUT2D eigenvalue weighted by molar-refractivity contribution is -0.0218. The topological polar surface area (TPSA) is 18.5 Å². The molecule has 2 unspecified atom stereocenters. The normalized spacial score (nSPS) is 17.4. The molecule has 220 valence electrons. The van der Waals surface area contributed by atoms with Crippen LogP contribution in [-0.4, -0.2) is 13.2 Å². The molecule has 1 aliphatic rings. The molecule has 1 heterocycles. The van der Waals surface area contributed by atoms with Crippen molar-refractivity contribution >= 4 is 0 Å². The van der Waals surface area contributed by atoms with Crippen LogP contribution in [-0.2, 0) is 16.1 Å². The average molecular weight is 569 g/mol. The quantitative estimate of drug-likeness (QED) is 0.116. The smallest absolute Gasteiger partial charge is 0.167 e. The van der Waals surface area contributed by atoms with E-state index in [-0.39, 0.29) is 28.9 Å². The van der Waals surface area contributed by atoms with E-state index in [0.717, 1.165) is 12.8 Å². The van der Waals surface area contributed by atoms with Crippen molar-refractivity contribution in [1.29, 1.82) is 0 Å². The summed E-state index contributed by atoms with van der Waals surface area (Å²) in [5.74, 6) is -3.28. The van der Waals surface area contributed by atoms with Crippen molar-refractivity contribution in [2.24, 2.45) is 5.92 Å². The molecule has 0 N–H and O–H groups in total. The van der Waals surface area contributed by atoms with E-state index in [0.29, 0.717) is 36.7 Å². The zero-order valence-corrected chi connectivity index (χ0v) is 24.0. The molecule has 2 nitrogen and oxygen atoms in total. The van der Waals surface area contributed by atoms with Gasteiger partial charge in [-0.05, 0) is 43.2 Å². The number of allylic oxidation sites excluding steroid dienone is 1. The molecule has 1 saturated heterocycles. The van der Waals surface area contributed by atoms with Crippen LogP contribution in [0.15, 0.2) is 60.7 Å². The van der Waals surface area contributed by atoms with Crippen molar-refractivity contribution in [1.82, 2.24) is 0 Å². The summed E-state index contributed by atoms with van der Waals surface area (Å²) in [6.07, 6.45) is 12.1. The Labute approximate surface area is 241 Å². The highest BCUT2D eigenvalue weighted by molar-refractivity contribution is 5.71. The molecule has 3 aromatic rings. The standard InChI is InChI=1S/C35H40F4O2/c1-3-5-7-8-9-10-24-11-20-31(41-22-24)30-19-18-29(34(38)35(30)39)26-14-12-25(13-15-26)28-17-16-27(32(36)33(28)37)23-40-21-6-4-2/h4,6,12-19,24,31H,3,5,7-11,20-23H2,1-2H3. The van der Waals surface area contributed by atoms with Crippen molar-refractivity contribution in [2.75, 3.05) is 13.2 Å². The third-order valence-corrected chi connectivity index (χ3v) is 7.92. The van der Waals surface area contributed by atoms with Crippen LogP contribution in [0.4, 0.5) is 17.6 Å². The molecule has 2 atom stereocenters. The molecular weight excluding hydrogens is 528 g/mol. The van der Waals surface area contributed by atoms with Gasteiger partial charge in [-0.25, -0.2) is 17.6 Å². The second kappa shape index (κ2) is 15.3. The van der Waals surface area contributed by atoms with E-state index < -0.39 is 29.4 Å². The Morgan fingerprint density at radius 2 is 1.44 bits per heavy atom. The minimum absolute atomic E-state index is 0.0429. The van der Waals surface area contributed by atoms with Crippen LogP contribution in [0.1, 0.15) is 82.4 Å². The van der Waals surface area contributed by atoms with Crippen molar-refractivity contribution in [3.63, 3.8) is 0 Å². The van der Waals surface area contributed by atoms with Crippen molar-refractivity contribution in [2.45, 2.75) is 77.9 Å². The lowest BCUT2D eigenvalue weighted by Gasteiger charge is -2.30. The highest BCUT2D eigenvalue weighted by Crippen LogP contribution is 2.37. The predicted molar refractivity (Wildman–Crippen MR) is 156 cm³/mol. The number of halogens is 4. The minimum atomic E-state index is -0.974. The number of benzene rings is 3. The Bertz CT molecular complexity index is 1290. The molecule has 0 bridgehead atoms. The van der Waals surface area contributed by atoms with Gasteiger partial charge in [-0.15, -0.1) is 0 Å². The largest absolute Gasteiger partial charge is 0.373 e. The summed E-state index contributed by atoms with van der Waals surface area (Å²) in [5, 5.41) is 0. The second-order valence-corrected chi connectivity index (χ2v) is 10.9. The van der Waals surface area contributed by atoms with Crippen molar-refractivity contribution in [3.8, 4) is 22.3 Å². The SMILES string of the molecule is CC=CCOCc1ccc(-c2ccc(-c3ccc(C4CCC(CCCCCCC)CO4)c(F)c3F)cc2)c(F)c1F. The number of unbranched alkanes of at least 4 members (excludes halogenated alkanes) is 4. The van der Waals surface area contributed by atoms with Gasteiger partial charge in [0.1, 0.15) is 0 Å². The fraction of sp³-hybridized carbons (Fsp3) is 0.429. The molecular formula is C35H40F4O2. The fourth-order valence-corrected chi connectivity index (χ4v) is 5.44. The lowest BCUT2D eigenvalue weighted by atomic mass is 9.90. The maximum atomic E-state index is 15.2. The molecule has 0 saturated carbocycles. The number of hydrogen-bond donors (Lipinski definition) is 0. The minimum Gasteiger partial charge on any atom is -0.373 e. The molecule has 41 heavy (non-hydrogen) atoms. The number of rotatable bonds is 13. The Balaban J connectivity index is 1.40. The second-order valence-electron chi connectivity index (χ2n) is 10.9. The van der Waals surface area contributed by atoms with Gasteiger partial charge < -0.3 is 9.47 Å². The Morgan fingerprint density at radius 3 is 2.07 bits per heavy atom. The molecule has 1 aliphatic heterocycles. The van der Waals surface area contributed by atoms with Crippen LogP contribution in [0.25, 0.3) is 22.3 Å². The first-order chi connectivity index (χ1) is 19.9. The number of hydrogen-bond acceptors (Lipinski definition) is 2. The summed E-state index contributed by atoms with van der Waals surface area (Å²) in [4.78, 5) is 0. The van der Waals surface area contributed by atoms with E-state index in [9.17, 15) is 8.78 Å². The zero-order chi connectivity index (χ0) is 29.2. The highest BCUT2D eigenvalue weighted by Gasteiger charge is 2.27. The first kappa shape index (κ1) is 31.0. The summed E-state index contributed by atoms with van der Waals surface area (Å²) in [6, 6.07) is 12.5. The Morgan fingerprint density at radius 1 is 0.780 bits per heavy atom. The van der Waals surface area contributed by atoms with Gasteiger partial charge in [0.15, 0.2) is 23.3 Å². The fourth-order valence-electron chi connectivity index (χ4n) is 5.44. The molecule has 3 aromatic carbocycles. The Hall–Kier alpha value is -2.96. The summed E-state index contributed by atoms with van der Waals surface area (Å²) in [7, 11) is 0. The van der Waals surface area contributed by atoms with Gasteiger partial charge in [0.25, 0.3) is 0 Å². The van der Waals surface area contributed by atoms with Crippen molar-refractivity contribution < 1.29 is 27.0 Å². The highest BCUT2D eigenvalue weighted by atomic mass is 19.2. The van der Waals surface area contributed by atoms with E-state index in [1.54, 1.807) is 42.5 Å². The van der Waals surface area contributed by atoms with E-state index in [1.165, 1.54) is 44.2 Å². The van der Waals surface area contributed by atoms with Gasteiger partial charge in [-0.3, -0.25) is 0 Å². The maximum Gasteiger partial charge on any atom is 0.167 e. The first-order valence-corrected chi connectivity index (χ1v) is 14.8. The van der Waals surface area contributed by atoms with Gasteiger partial charge in [-0.1, -0.05) is 99.7 Å².